The van der Waals surface area contributed by atoms with Crippen molar-refractivity contribution in [3.8, 4) is 11.1 Å². The third-order valence-electron chi connectivity index (χ3n) is 8.60. The second kappa shape index (κ2) is 17.1. The molecule has 242 valence electrons. The van der Waals surface area contributed by atoms with Crippen molar-refractivity contribution in [1.82, 2.24) is 0 Å². The summed E-state index contributed by atoms with van der Waals surface area (Å²) in [7, 11) is -1.70. The molecule has 49 heavy (non-hydrogen) atoms. The van der Waals surface area contributed by atoms with E-state index in [1.807, 2.05) is 0 Å². The second-order valence-corrected chi connectivity index (χ2v) is 15.7. The standard InChI is InChI=1S/C44H32P2.2BrH.Ru/c1-5-19-35(20-6-1)45(36-21-7-2-8-22-36)41-31-29-33-17-13-15-27-39(33)43(41)44-40-28-16-14-18-34(40)30-32-42(44)46(37-23-9-3-10-24-37)38-25-11-4-12-26-38;;;/h1-32H;2*1H;. The van der Waals surface area contributed by atoms with E-state index in [2.05, 4.69) is 194 Å². The van der Waals surface area contributed by atoms with E-state index in [1.54, 1.807) is 0 Å². The van der Waals surface area contributed by atoms with Gasteiger partial charge in [0.2, 0.25) is 0 Å². The van der Waals surface area contributed by atoms with Crippen LogP contribution in [0.25, 0.3) is 32.7 Å². The summed E-state index contributed by atoms with van der Waals surface area (Å²) in [4.78, 5) is 0. The fraction of sp³-hybridized carbons (Fsp3) is 0. The van der Waals surface area contributed by atoms with Gasteiger partial charge in [0, 0.05) is 19.5 Å². The summed E-state index contributed by atoms with van der Waals surface area (Å²) in [6.07, 6.45) is 0. The van der Waals surface area contributed by atoms with E-state index in [-0.39, 0.29) is 53.4 Å². The molecule has 0 aliphatic carbocycles. The Morgan fingerprint density at radius 2 is 0.531 bits per heavy atom. The van der Waals surface area contributed by atoms with E-state index in [9.17, 15) is 0 Å². The minimum absolute atomic E-state index is 0. The van der Waals surface area contributed by atoms with Crippen LogP contribution in [0, 0.1) is 0 Å². The number of halogens is 2. The Hall–Kier alpha value is -3.28. The van der Waals surface area contributed by atoms with Gasteiger partial charge >= 0.3 is 0 Å². The van der Waals surface area contributed by atoms with E-state index < -0.39 is 15.8 Å². The molecule has 8 aromatic rings. The Labute approximate surface area is 325 Å². The molecule has 0 unspecified atom stereocenters. The number of hydrogen-bond donors (Lipinski definition) is 0. The van der Waals surface area contributed by atoms with Gasteiger partial charge in [0.25, 0.3) is 0 Å². The summed E-state index contributed by atoms with van der Waals surface area (Å²) < 4.78 is 0. The molecule has 0 saturated carbocycles. The maximum Gasteiger partial charge on any atom is 0 e. The Morgan fingerprint density at radius 3 is 0.837 bits per heavy atom. The molecule has 0 bridgehead atoms. The Bertz CT molecular complexity index is 2020. The number of hydrogen-bond acceptors (Lipinski definition) is 0. The van der Waals surface area contributed by atoms with Crippen molar-refractivity contribution in [3.63, 3.8) is 0 Å². The molecule has 0 amide bonds. The van der Waals surface area contributed by atoms with E-state index in [4.69, 9.17) is 0 Å². The van der Waals surface area contributed by atoms with Crippen molar-refractivity contribution in [2.24, 2.45) is 0 Å². The molecular formula is C44H34Br2P2Ru. The van der Waals surface area contributed by atoms with Crippen LogP contribution in [0.3, 0.4) is 0 Å². The Balaban J connectivity index is 0.00000156. The molecule has 0 aliphatic rings. The fourth-order valence-corrected chi connectivity index (χ4v) is 11.5. The van der Waals surface area contributed by atoms with Crippen LogP contribution in [0.15, 0.2) is 194 Å². The molecule has 5 heteroatoms. The minimum Gasteiger partial charge on any atom is -0.114 e. The van der Waals surface area contributed by atoms with Crippen molar-refractivity contribution in [2.75, 3.05) is 0 Å². The molecule has 0 N–H and O–H groups in total. The van der Waals surface area contributed by atoms with Gasteiger partial charge < -0.3 is 0 Å². The van der Waals surface area contributed by atoms with Gasteiger partial charge in [-0.3, -0.25) is 0 Å². The normalized spacial score (nSPS) is 10.7. The molecule has 8 aromatic carbocycles. The molecule has 0 radical (unpaired) electrons. The van der Waals surface area contributed by atoms with Crippen LogP contribution in [-0.2, 0) is 19.5 Å². The summed E-state index contributed by atoms with van der Waals surface area (Å²) >= 11 is 0. The van der Waals surface area contributed by atoms with Crippen molar-refractivity contribution in [3.05, 3.63) is 194 Å². The molecule has 8 rings (SSSR count). The smallest absolute Gasteiger partial charge is 0 e. The molecule has 0 nitrogen and oxygen atoms in total. The van der Waals surface area contributed by atoms with Crippen LogP contribution in [0.5, 0.6) is 0 Å². The van der Waals surface area contributed by atoms with E-state index in [0.717, 1.165) is 0 Å². The first kappa shape index (κ1) is 37.0. The van der Waals surface area contributed by atoms with Crippen LogP contribution in [0.1, 0.15) is 0 Å². The molecule has 0 aliphatic heterocycles. The van der Waals surface area contributed by atoms with Crippen molar-refractivity contribution in [2.45, 2.75) is 0 Å². The summed E-state index contributed by atoms with van der Waals surface area (Å²) in [5.41, 5.74) is 2.70. The number of rotatable bonds is 7. The maximum atomic E-state index is 2.42. The van der Waals surface area contributed by atoms with E-state index in [0.29, 0.717) is 0 Å². The average Bonchev–Trinajstić information content (AvgIpc) is 3.14. The molecule has 0 heterocycles. The fourth-order valence-electron chi connectivity index (χ4n) is 6.58. The van der Waals surface area contributed by atoms with Gasteiger partial charge in [-0.15, -0.1) is 34.0 Å². The van der Waals surface area contributed by atoms with Gasteiger partial charge in [-0.1, -0.05) is 194 Å². The average molecular weight is 886 g/mol. The zero-order chi connectivity index (χ0) is 30.7. The molecule has 0 fully saturated rings. The van der Waals surface area contributed by atoms with Crippen LogP contribution in [0.4, 0.5) is 0 Å². The van der Waals surface area contributed by atoms with Gasteiger partial charge in [-0.2, -0.15) is 0 Å². The monoisotopic (exact) mass is 884 g/mol. The van der Waals surface area contributed by atoms with Crippen LogP contribution in [-0.4, -0.2) is 0 Å². The van der Waals surface area contributed by atoms with Crippen molar-refractivity contribution < 1.29 is 19.5 Å². The second-order valence-electron chi connectivity index (χ2n) is 11.4. The van der Waals surface area contributed by atoms with E-state index in [1.165, 1.54) is 64.5 Å². The van der Waals surface area contributed by atoms with Gasteiger partial charge in [0.05, 0.1) is 0 Å². The third-order valence-corrected chi connectivity index (χ3v) is 13.6. The summed E-state index contributed by atoms with van der Waals surface area (Å²) in [6, 6.07) is 71.8. The van der Waals surface area contributed by atoms with Gasteiger partial charge in [0.15, 0.2) is 0 Å². The SMILES string of the molecule is Br.Br.[Ru].c1ccc(P(c2ccccc2)c2ccc3ccccc3c2-c2c(P(c3ccccc3)c3ccccc3)ccc3ccccc23)cc1. The molecule has 0 aromatic heterocycles. The molecule has 0 atom stereocenters. The Kier molecular flexibility index (Phi) is 12.9. The quantitative estimate of drug-likeness (QED) is 0.111. The molecule has 0 spiro atoms. The van der Waals surface area contributed by atoms with Crippen molar-refractivity contribution in [1.29, 1.82) is 0 Å². The van der Waals surface area contributed by atoms with Crippen LogP contribution < -0.4 is 31.8 Å². The summed E-state index contributed by atoms with van der Waals surface area (Å²) in [5.74, 6) is 0. The first-order valence-corrected chi connectivity index (χ1v) is 18.4. The van der Waals surface area contributed by atoms with Crippen LogP contribution >= 0.6 is 49.8 Å². The molecular weight excluding hydrogens is 851 g/mol. The number of benzene rings is 8. The predicted molar refractivity (Wildman–Crippen MR) is 225 cm³/mol. The van der Waals surface area contributed by atoms with E-state index >= 15 is 0 Å². The van der Waals surface area contributed by atoms with Gasteiger partial charge in [0.1, 0.15) is 0 Å². The Morgan fingerprint density at radius 1 is 0.265 bits per heavy atom. The largest absolute Gasteiger partial charge is 0.114 e. The van der Waals surface area contributed by atoms with Crippen LogP contribution in [0.2, 0.25) is 0 Å². The zero-order valence-electron chi connectivity index (χ0n) is 26.5. The first-order valence-electron chi connectivity index (χ1n) is 15.7. The topological polar surface area (TPSA) is 0 Å². The maximum absolute atomic E-state index is 2.42. The predicted octanol–water partition coefficient (Wildman–Crippen LogP) is 10.3. The zero-order valence-corrected chi connectivity index (χ0v) is 33.5. The minimum atomic E-state index is -0.852. The van der Waals surface area contributed by atoms with Gasteiger partial charge in [-0.05, 0) is 80.3 Å². The molecule has 0 saturated heterocycles. The summed E-state index contributed by atoms with van der Waals surface area (Å²) in [6.45, 7) is 0. The van der Waals surface area contributed by atoms with Gasteiger partial charge in [-0.25, -0.2) is 0 Å². The summed E-state index contributed by atoms with van der Waals surface area (Å²) in [5, 5.41) is 13.3. The first-order chi connectivity index (χ1) is 22.9. The third kappa shape index (κ3) is 7.44. The number of fused-ring (bicyclic) bond motifs is 2. The van der Waals surface area contributed by atoms with Crippen molar-refractivity contribution >= 4 is 103 Å².